The summed E-state index contributed by atoms with van der Waals surface area (Å²) < 4.78 is 45.8. The molecule has 1 aliphatic rings. The van der Waals surface area contributed by atoms with Gasteiger partial charge in [-0.2, -0.15) is 13.2 Å². The van der Waals surface area contributed by atoms with E-state index in [1.807, 2.05) is 11.4 Å². The number of thiophene rings is 1. The first kappa shape index (κ1) is 17.5. The van der Waals surface area contributed by atoms with E-state index in [1.165, 1.54) is 11.8 Å². The third kappa shape index (κ3) is 3.35. The molecule has 0 amide bonds. The van der Waals surface area contributed by atoms with Crippen molar-refractivity contribution >= 4 is 22.4 Å². The SMILES string of the molecule is Cc1cc(C(F)(F)F)c2c([C@H]3CCCN(Cc4cccs4)C3)noc2n1. The van der Waals surface area contributed by atoms with E-state index < -0.39 is 11.7 Å². The largest absolute Gasteiger partial charge is 0.417 e. The van der Waals surface area contributed by atoms with Gasteiger partial charge in [0, 0.05) is 29.6 Å². The molecule has 0 radical (unpaired) electrons. The lowest BCUT2D eigenvalue weighted by Crippen LogP contribution is -2.33. The van der Waals surface area contributed by atoms with Gasteiger partial charge in [-0.3, -0.25) is 4.90 Å². The number of fused-ring (bicyclic) bond motifs is 1. The summed E-state index contributed by atoms with van der Waals surface area (Å²) in [5, 5.41) is 6.06. The molecule has 0 saturated carbocycles. The maximum absolute atomic E-state index is 13.5. The maximum atomic E-state index is 13.5. The van der Waals surface area contributed by atoms with Crippen molar-refractivity contribution in [1.29, 1.82) is 0 Å². The molecule has 3 aromatic heterocycles. The van der Waals surface area contributed by atoms with Crippen LogP contribution in [0.25, 0.3) is 11.1 Å². The maximum Gasteiger partial charge on any atom is 0.417 e. The Bertz CT molecular complexity index is 904. The molecule has 0 bridgehead atoms. The van der Waals surface area contributed by atoms with E-state index in [9.17, 15) is 13.2 Å². The summed E-state index contributed by atoms with van der Waals surface area (Å²) in [6, 6.07) is 5.17. The predicted molar refractivity (Wildman–Crippen MR) is 93.1 cm³/mol. The highest BCUT2D eigenvalue weighted by atomic mass is 32.1. The van der Waals surface area contributed by atoms with Gasteiger partial charge in [0.05, 0.1) is 16.6 Å². The Morgan fingerprint density at radius 1 is 1.38 bits per heavy atom. The molecule has 4 nitrogen and oxygen atoms in total. The molecule has 0 N–H and O–H groups in total. The third-order valence-corrected chi connectivity index (χ3v) is 5.62. The summed E-state index contributed by atoms with van der Waals surface area (Å²) in [6.45, 7) is 3.95. The third-order valence-electron chi connectivity index (χ3n) is 4.76. The summed E-state index contributed by atoms with van der Waals surface area (Å²) in [4.78, 5) is 7.63. The van der Waals surface area contributed by atoms with Crippen LogP contribution in [0.1, 0.15) is 40.6 Å². The molecule has 0 unspecified atom stereocenters. The van der Waals surface area contributed by atoms with E-state index in [4.69, 9.17) is 4.52 Å². The highest BCUT2D eigenvalue weighted by molar-refractivity contribution is 7.09. The Morgan fingerprint density at radius 2 is 2.23 bits per heavy atom. The van der Waals surface area contributed by atoms with Gasteiger partial charge in [-0.05, 0) is 43.8 Å². The standard InChI is InChI=1S/C18H18F3N3OS/c1-11-8-14(18(19,20)21)15-16(23-25-17(15)22-11)12-4-2-6-24(9-12)10-13-5-3-7-26-13/h3,5,7-8,12H,2,4,6,9-10H2,1H3/t12-/m0/s1. The summed E-state index contributed by atoms with van der Waals surface area (Å²) in [5.41, 5.74) is -0.0690. The fourth-order valence-corrected chi connectivity index (χ4v) is 4.39. The molecule has 8 heteroatoms. The van der Waals surface area contributed by atoms with Crippen LogP contribution in [0.5, 0.6) is 0 Å². The van der Waals surface area contributed by atoms with Gasteiger partial charge in [0.25, 0.3) is 5.71 Å². The van der Waals surface area contributed by atoms with Crippen LogP contribution in [0, 0.1) is 6.92 Å². The molecule has 4 rings (SSSR count). The van der Waals surface area contributed by atoms with Crippen molar-refractivity contribution in [2.24, 2.45) is 0 Å². The molecule has 0 aliphatic carbocycles. The molecule has 3 aromatic rings. The van der Waals surface area contributed by atoms with Crippen molar-refractivity contribution < 1.29 is 17.7 Å². The van der Waals surface area contributed by atoms with Crippen molar-refractivity contribution in [2.75, 3.05) is 13.1 Å². The fourth-order valence-electron chi connectivity index (χ4n) is 3.64. The molecule has 138 valence electrons. The van der Waals surface area contributed by atoms with Crippen LogP contribution in [0.4, 0.5) is 13.2 Å². The molecule has 0 aromatic carbocycles. The van der Waals surface area contributed by atoms with Crippen LogP contribution >= 0.6 is 11.3 Å². The zero-order chi connectivity index (χ0) is 18.3. The molecule has 1 saturated heterocycles. The van der Waals surface area contributed by atoms with Gasteiger partial charge in [0.15, 0.2) is 0 Å². The smallest absolute Gasteiger partial charge is 0.336 e. The second-order valence-corrected chi connectivity index (χ2v) is 7.74. The summed E-state index contributed by atoms with van der Waals surface area (Å²) in [6.07, 6.45) is -2.74. The van der Waals surface area contributed by atoms with Crippen LogP contribution in [0.3, 0.4) is 0 Å². The van der Waals surface area contributed by atoms with E-state index in [-0.39, 0.29) is 22.7 Å². The minimum Gasteiger partial charge on any atom is -0.336 e. The second-order valence-electron chi connectivity index (χ2n) is 6.71. The molecule has 1 atom stereocenters. The fraction of sp³-hybridized carbons (Fsp3) is 0.444. The van der Waals surface area contributed by atoms with Gasteiger partial charge in [-0.25, -0.2) is 4.98 Å². The van der Waals surface area contributed by atoms with Gasteiger partial charge < -0.3 is 4.52 Å². The zero-order valence-corrected chi connectivity index (χ0v) is 15.0. The average Bonchev–Trinajstić information content (AvgIpc) is 3.23. The highest BCUT2D eigenvalue weighted by Crippen LogP contribution is 2.40. The molecule has 1 aliphatic heterocycles. The van der Waals surface area contributed by atoms with E-state index >= 15 is 0 Å². The molecular weight excluding hydrogens is 363 g/mol. The first-order valence-corrected chi connectivity index (χ1v) is 9.38. The quantitative estimate of drug-likeness (QED) is 0.641. The lowest BCUT2D eigenvalue weighted by atomic mass is 9.91. The Hall–Kier alpha value is -1.93. The number of rotatable bonds is 3. The molecular formula is C18H18F3N3OS. The zero-order valence-electron chi connectivity index (χ0n) is 14.2. The Morgan fingerprint density at radius 3 is 2.96 bits per heavy atom. The Kier molecular flexibility index (Phi) is 4.48. The number of nitrogens with zero attached hydrogens (tertiary/aromatic N) is 3. The summed E-state index contributed by atoms with van der Waals surface area (Å²) >= 11 is 1.69. The lowest BCUT2D eigenvalue weighted by molar-refractivity contribution is -0.136. The summed E-state index contributed by atoms with van der Waals surface area (Å²) in [7, 11) is 0. The summed E-state index contributed by atoms with van der Waals surface area (Å²) in [5.74, 6) is -0.0874. The predicted octanol–water partition coefficient (Wildman–Crippen LogP) is 4.99. The first-order chi connectivity index (χ1) is 12.4. The number of hydrogen-bond acceptors (Lipinski definition) is 5. The normalized spacial score (nSPS) is 19.3. The minimum atomic E-state index is -4.46. The number of aromatic nitrogens is 2. The Labute approximate surface area is 152 Å². The van der Waals surface area contributed by atoms with Crippen LogP contribution in [-0.2, 0) is 12.7 Å². The monoisotopic (exact) mass is 381 g/mol. The number of aryl methyl sites for hydroxylation is 1. The number of likely N-dealkylation sites (tertiary alicyclic amines) is 1. The number of hydrogen-bond donors (Lipinski definition) is 0. The topological polar surface area (TPSA) is 42.2 Å². The van der Waals surface area contributed by atoms with E-state index in [0.717, 1.165) is 32.0 Å². The Balaban J connectivity index is 1.68. The van der Waals surface area contributed by atoms with Crippen molar-refractivity contribution in [2.45, 2.75) is 38.4 Å². The van der Waals surface area contributed by atoms with Crippen LogP contribution in [-0.4, -0.2) is 28.1 Å². The molecule has 4 heterocycles. The van der Waals surface area contributed by atoms with Crippen LogP contribution in [0.15, 0.2) is 28.1 Å². The van der Waals surface area contributed by atoms with Crippen molar-refractivity contribution in [3.63, 3.8) is 0 Å². The second kappa shape index (κ2) is 6.66. The van der Waals surface area contributed by atoms with Gasteiger partial charge >= 0.3 is 6.18 Å². The van der Waals surface area contributed by atoms with E-state index in [1.54, 1.807) is 11.3 Å². The molecule has 0 spiro atoms. The van der Waals surface area contributed by atoms with E-state index in [0.29, 0.717) is 12.2 Å². The number of alkyl halides is 3. The van der Waals surface area contributed by atoms with Crippen LogP contribution in [0.2, 0.25) is 0 Å². The van der Waals surface area contributed by atoms with Gasteiger partial charge in [0.2, 0.25) is 0 Å². The lowest BCUT2D eigenvalue weighted by Gasteiger charge is -2.31. The van der Waals surface area contributed by atoms with Crippen molar-refractivity contribution in [3.05, 3.63) is 45.4 Å². The number of pyridine rings is 1. The first-order valence-electron chi connectivity index (χ1n) is 8.50. The molecule has 1 fully saturated rings. The highest BCUT2D eigenvalue weighted by Gasteiger charge is 2.37. The number of piperidine rings is 1. The van der Waals surface area contributed by atoms with Crippen molar-refractivity contribution in [1.82, 2.24) is 15.0 Å². The average molecular weight is 381 g/mol. The van der Waals surface area contributed by atoms with Gasteiger partial charge in [-0.1, -0.05) is 11.2 Å². The van der Waals surface area contributed by atoms with Gasteiger partial charge in [-0.15, -0.1) is 11.3 Å². The minimum absolute atomic E-state index is 0.0195. The molecule has 26 heavy (non-hydrogen) atoms. The number of halogens is 3. The van der Waals surface area contributed by atoms with Gasteiger partial charge in [0.1, 0.15) is 0 Å². The van der Waals surface area contributed by atoms with Crippen molar-refractivity contribution in [3.8, 4) is 0 Å². The van der Waals surface area contributed by atoms with Crippen LogP contribution < -0.4 is 0 Å². The van der Waals surface area contributed by atoms with E-state index in [2.05, 4.69) is 21.1 Å².